The minimum absolute atomic E-state index is 0.595. The molecule has 0 spiro atoms. The number of nitrogens with zero attached hydrogens (tertiary/aromatic N) is 1. The predicted molar refractivity (Wildman–Crippen MR) is 59.8 cm³/mol. The second-order valence-corrected chi connectivity index (χ2v) is 4.19. The number of nitrogens with two attached hydrogens (primary N) is 1. The summed E-state index contributed by atoms with van der Waals surface area (Å²) < 4.78 is 2.99. The molecule has 3 N–H and O–H groups in total. The van der Waals surface area contributed by atoms with E-state index in [1.807, 2.05) is 18.2 Å². The summed E-state index contributed by atoms with van der Waals surface area (Å²) in [5.74, 6) is 0. The lowest BCUT2D eigenvalue weighted by Crippen LogP contribution is -1.93. The van der Waals surface area contributed by atoms with Gasteiger partial charge in [0.2, 0.25) is 0 Å². The van der Waals surface area contributed by atoms with E-state index < -0.39 is 0 Å². The average molecular weight is 205 g/mol. The van der Waals surface area contributed by atoms with E-state index in [4.69, 9.17) is 18.0 Å². The number of aromatic amines is 1. The minimum atomic E-state index is 0.595. The second kappa shape index (κ2) is 2.60. The van der Waals surface area contributed by atoms with Gasteiger partial charge in [0.1, 0.15) is 0 Å². The van der Waals surface area contributed by atoms with Crippen molar-refractivity contribution in [1.29, 1.82) is 0 Å². The molecule has 1 fully saturated rings. The largest absolute Gasteiger partial charge is 0.399 e. The molecule has 1 heterocycles. The van der Waals surface area contributed by atoms with Crippen LogP contribution in [0.4, 0.5) is 5.69 Å². The first-order valence-electron chi connectivity index (χ1n) is 4.75. The van der Waals surface area contributed by atoms with Crippen LogP contribution in [0, 0.1) is 4.77 Å². The topological polar surface area (TPSA) is 46.7 Å². The third kappa shape index (κ3) is 1.07. The molecule has 14 heavy (non-hydrogen) atoms. The first-order chi connectivity index (χ1) is 6.75. The number of hydrogen-bond acceptors (Lipinski definition) is 2. The lowest BCUT2D eigenvalue weighted by Gasteiger charge is -2.01. The maximum Gasteiger partial charge on any atom is 0.178 e. The molecule has 3 nitrogen and oxygen atoms in total. The van der Waals surface area contributed by atoms with E-state index in [0.29, 0.717) is 6.04 Å². The van der Waals surface area contributed by atoms with Crippen molar-refractivity contribution in [2.24, 2.45) is 0 Å². The number of anilines is 1. The summed E-state index contributed by atoms with van der Waals surface area (Å²) in [5, 5.41) is 0. The van der Waals surface area contributed by atoms with E-state index in [9.17, 15) is 0 Å². The van der Waals surface area contributed by atoms with Crippen LogP contribution in [0.25, 0.3) is 11.0 Å². The molecule has 4 heteroatoms. The Morgan fingerprint density at radius 3 is 2.93 bits per heavy atom. The van der Waals surface area contributed by atoms with Crippen molar-refractivity contribution in [3.8, 4) is 0 Å². The molecule has 1 aromatic carbocycles. The smallest absolute Gasteiger partial charge is 0.178 e. The van der Waals surface area contributed by atoms with Gasteiger partial charge in [-0.1, -0.05) is 0 Å². The molecular weight excluding hydrogens is 194 g/mol. The van der Waals surface area contributed by atoms with Crippen LogP contribution in [0.3, 0.4) is 0 Å². The van der Waals surface area contributed by atoms with Crippen molar-refractivity contribution in [3.63, 3.8) is 0 Å². The number of rotatable bonds is 1. The van der Waals surface area contributed by atoms with Crippen LogP contribution in [0.2, 0.25) is 0 Å². The molecule has 0 radical (unpaired) electrons. The Bertz CT molecular complexity index is 548. The van der Waals surface area contributed by atoms with Gasteiger partial charge in [0.15, 0.2) is 4.77 Å². The lowest BCUT2D eigenvalue weighted by molar-refractivity contribution is 0.754. The molecule has 0 unspecified atom stereocenters. The van der Waals surface area contributed by atoms with Crippen LogP contribution in [0.5, 0.6) is 0 Å². The van der Waals surface area contributed by atoms with Crippen molar-refractivity contribution < 1.29 is 0 Å². The molecular formula is C10H11N3S. The summed E-state index contributed by atoms with van der Waals surface area (Å²) in [6, 6.07) is 6.46. The zero-order chi connectivity index (χ0) is 9.71. The first-order valence-corrected chi connectivity index (χ1v) is 5.16. The van der Waals surface area contributed by atoms with Gasteiger partial charge in [-0.25, -0.2) is 0 Å². The van der Waals surface area contributed by atoms with Gasteiger partial charge in [-0.05, 0) is 43.3 Å². The molecule has 72 valence electrons. The van der Waals surface area contributed by atoms with Crippen LogP contribution in [0.15, 0.2) is 18.2 Å². The fourth-order valence-electron chi connectivity index (χ4n) is 1.83. The molecule has 0 bridgehead atoms. The van der Waals surface area contributed by atoms with E-state index in [2.05, 4.69) is 9.55 Å². The number of fused-ring (bicyclic) bond motifs is 1. The summed E-state index contributed by atoms with van der Waals surface area (Å²) in [4.78, 5) is 3.20. The van der Waals surface area contributed by atoms with Crippen LogP contribution >= 0.6 is 12.2 Å². The standard InChI is InChI=1S/C10H11N3S/c11-6-1-4-8-9(5-6)13(7-2-3-7)10(14)12-8/h1,4-5,7H,2-3,11H2,(H,12,14). The van der Waals surface area contributed by atoms with E-state index in [1.54, 1.807) is 0 Å². The summed E-state index contributed by atoms with van der Waals surface area (Å²) in [6.07, 6.45) is 2.46. The van der Waals surface area contributed by atoms with Crippen molar-refractivity contribution >= 4 is 28.9 Å². The first kappa shape index (κ1) is 8.05. The van der Waals surface area contributed by atoms with Gasteiger partial charge in [-0.2, -0.15) is 0 Å². The Labute approximate surface area is 86.5 Å². The number of benzene rings is 1. The lowest BCUT2D eigenvalue weighted by atomic mass is 10.3. The monoisotopic (exact) mass is 205 g/mol. The molecule has 1 saturated carbocycles. The summed E-state index contributed by atoms with van der Waals surface area (Å²) in [6.45, 7) is 0. The van der Waals surface area contributed by atoms with Crippen LogP contribution in [-0.4, -0.2) is 9.55 Å². The van der Waals surface area contributed by atoms with Gasteiger partial charge in [-0.15, -0.1) is 0 Å². The zero-order valence-corrected chi connectivity index (χ0v) is 8.47. The Balaban J connectivity index is 2.39. The van der Waals surface area contributed by atoms with Crippen LogP contribution < -0.4 is 5.73 Å². The van der Waals surface area contributed by atoms with Gasteiger partial charge in [-0.3, -0.25) is 0 Å². The molecule has 0 amide bonds. The Morgan fingerprint density at radius 2 is 2.21 bits per heavy atom. The fraction of sp³-hybridized carbons (Fsp3) is 0.300. The summed E-state index contributed by atoms with van der Waals surface area (Å²) in [5.41, 5.74) is 8.77. The molecule has 3 rings (SSSR count). The highest BCUT2D eigenvalue weighted by atomic mass is 32.1. The maximum atomic E-state index is 5.76. The molecule has 2 aromatic rings. The van der Waals surface area contributed by atoms with Gasteiger partial charge < -0.3 is 15.3 Å². The normalized spacial score (nSPS) is 16.3. The molecule has 0 aliphatic heterocycles. The zero-order valence-electron chi connectivity index (χ0n) is 7.66. The number of nitrogens with one attached hydrogen (secondary N) is 1. The van der Waals surface area contributed by atoms with Crippen LogP contribution in [0.1, 0.15) is 18.9 Å². The van der Waals surface area contributed by atoms with E-state index in [1.165, 1.54) is 12.8 Å². The molecule has 1 aliphatic rings. The Morgan fingerprint density at radius 1 is 1.43 bits per heavy atom. The van der Waals surface area contributed by atoms with Gasteiger partial charge in [0.25, 0.3) is 0 Å². The second-order valence-electron chi connectivity index (χ2n) is 3.81. The fourth-order valence-corrected chi connectivity index (χ4v) is 2.19. The number of hydrogen-bond donors (Lipinski definition) is 2. The highest BCUT2D eigenvalue weighted by molar-refractivity contribution is 7.71. The minimum Gasteiger partial charge on any atom is -0.399 e. The highest BCUT2D eigenvalue weighted by Gasteiger charge is 2.25. The summed E-state index contributed by atoms with van der Waals surface area (Å²) >= 11 is 5.28. The average Bonchev–Trinajstić information content (AvgIpc) is 2.90. The molecule has 0 saturated heterocycles. The maximum absolute atomic E-state index is 5.76. The predicted octanol–water partition coefficient (Wildman–Crippen LogP) is 2.62. The molecule has 0 atom stereocenters. The van der Waals surface area contributed by atoms with Gasteiger partial charge in [0.05, 0.1) is 11.0 Å². The van der Waals surface area contributed by atoms with Crippen molar-refractivity contribution in [3.05, 3.63) is 23.0 Å². The number of nitrogen functional groups attached to an aromatic ring is 1. The third-order valence-corrected chi connectivity index (χ3v) is 2.95. The van der Waals surface area contributed by atoms with Crippen molar-refractivity contribution in [2.75, 3.05) is 5.73 Å². The van der Waals surface area contributed by atoms with Gasteiger partial charge in [0, 0.05) is 11.7 Å². The molecule has 1 aliphatic carbocycles. The SMILES string of the molecule is Nc1ccc2[nH]c(=S)n(C3CC3)c2c1. The quantitative estimate of drug-likeness (QED) is 0.555. The van der Waals surface area contributed by atoms with Gasteiger partial charge >= 0.3 is 0 Å². The third-order valence-electron chi connectivity index (χ3n) is 2.65. The van der Waals surface area contributed by atoms with E-state index in [0.717, 1.165) is 21.5 Å². The Hall–Kier alpha value is -1.29. The number of H-pyrrole nitrogens is 1. The highest BCUT2D eigenvalue weighted by Crippen LogP contribution is 2.37. The Kier molecular flexibility index (Phi) is 1.50. The number of aromatic nitrogens is 2. The van der Waals surface area contributed by atoms with Crippen molar-refractivity contribution in [1.82, 2.24) is 9.55 Å². The molecule has 1 aromatic heterocycles. The van der Waals surface area contributed by atoms with Crippen molar-refractivity contribution in [2.45, 2.75) is 18.9 Å². The van der Waals surface area contributed by atoms with Crippen LogP contribution in [-0.2, 0) is 0 Å². The number of imidazole rings is 1. The van der Waals surface area contributed by atoms with E-state index in [-0.39, 0.29) is 0 Å². The van der Waals surface area contributed by atoms with E-state index >= 15 is 0 Å². The summed E-state index contributed by atoms with van der Waals surface area (Å²) in [7, 11) is 0.